The Hall–Kier alpha value is -1.08. The lowest BCUT2D eigenvalue weighted by Gasteiger charge is -2.51. The van der Waals surface area contributed by atoms with Gasteiger partial charge in [0.05, 0.1) is 12.5 Å². The summed E-state index contributed by atoms with van der Waals surface area (Å²) < 4.78 is 0. The van der Waals surface area contributed by atoms with Crippen LogP contribution in [0.5, 0.6) is 0 Å². The van der Waals surface area contributed by atoms with E-state index in [1.807, 2.05) is 0 Å². The van der Waals surface area contributed by atoms with E-state index in [4.69, 9.17) is 5.26 Å². The largest absolute Gasteiger partial charge is 0.353 e. The van der Waals surface area contributed by atoms with E-state index in [0.717, 1.165) is 0 Å². The molecule has 0 spiro atoms. The van der Waals surface area contributed by atoms with Crippen molar-refractivity contribution in [2.75, 3.05) is 6.54 Å². The van der Waals surface area contributed by atoms with E-state index in [-0.39, 0.29) is 17.5 Å². The van der Waals surface area contributed by atoms with Gasteiger partial charge in [0, 0.05) is 18.1 Å². The average molecular weight is 249 g/mol. The van der Waals surface area contributed by atoms with Gasteiger partial charge >= 0.3 is 0 Å². The van der Waals surface area contributed by atoms with Gasteiger partial charge in [0.1, 0.15) is 6.04 Å². The molecule has 18 heavy (non-hydrogen) atoms. The Morgan fingerprint density at radius 3 is 2.67 bits per heavy atom. The van der Waals surface area contributed by atoms with Crippen LogP contribution in [0.25, 0.3) is 0 Å². The molecule has 4 nitrogen and oxygen atoms in total. The van der Waals surface area contributed by atoms with E-state index >= 15 is 0 Å². The second-order valence-corrected chi connectivity index (χ2v) is 6.11. The SMILES string of the molecule is CC1(C)CNC(=O)C(CC#N)N1C1CCCCC1. The molecule has 1 heterocycles. The number of rotatable bonds is 2. The van der Waals surface area contributed by atoms with Crippen molar-refractivity contribution in [3.05, 3.63) is 0 Å². The zero-order valence-electron chi connectivity index (χ0n) is 11.4. The van der Waals surface area contributed by atoms with Gasteiger partial charge in [-0.3, -0.25) is 9.69 Å². The number of nitrogens with zero attached hydrogens (tertiary/aromatic N) is 2. The molecule has 1 atom stereocenters. The molecule has 2 rings (SSSR count). The topological polar surface area (TPSA) is 56.1 Å². The molecule has 100 valence electrons. The zero-order valence-corrected chi connectivity index (χ0v) is 11.4. The number of amides is 1. The van der Waals surface area contributed by atoms with Crippen LogP contribution in [0.15, 0.2) is 0 Å². The molecule has 1 amide bonds. The highest BCUT2D eigenvalue weighted by atomic mass is 16.2. The van der Waals surface area contributed by atoms with Gasteiger partial charge in [-0.15, -0.1) is 0 Å². The van der Waals surface area contributed by atoms with Gasteiger partial charge in [-0.2, -0.15) is 5.26 Å². The van der Waals surface area contributed by atoms with Crippen LogP contribution in [0.1, 0.15) is 52.4 Å². The number of nitrogens with one attached hydrogen (secondary N) is 1. The molecule has 1 N–H and O–H groups in total. The number of hydrogen-bond donors (Lipinski definition) is 1. The molecule has 0 aromatic carbocycles. The Morgan fingerprint density at radius 1 is 1.39 bits per heavy atom. The lowest BCUT2D eigenvalue weighted by atomic mass is 9.86. The molecule has 1 saturated heterocycles. The minimum atomic E-state index is -0.262. The van der Waals surface area contributed by atoms with Crippen LogP contribution in [0.2, 0.25) is 0 Å². The van der Waals surface area contributed by atoms with Crippen molar-refractivity contribution in [3.63, 3.8) is 0 Å². The first-order valence-corrected chi connectivity index (χ1v) is 6.99. The Kier molecular flexibility index (Phi) is 3.91. The number of carbonyl (C=O) groups excluding carboxylic acids is 1. The summed E-state index contributed by atoms with van der Waals surface area (Å²) in [5.74, 6) is 0.0291. The van der Waals surface area contributed by atoms with Crippen LogP contribution in [-0.4, -0.2) is 35.0 Å². The second kappa shape index (κ2) is 5.27. The van der Waals surface area contributed by atoms with Crippen molar-refractivity contribution in [1.82, 2.24) is 10.2 Å². The summed E-state index contributed by atoms with van der Waals surface area (Å²) in [6.07, 6.45) is 6.43. The van der Waals surface area contributed by atoms with E-state index in [1.165, 1.54) is 32.1 Å². The molecule has 2 aliphatic rings. The minimum Gasteiger partial charge on any atom is -0.353 e. The summed E-state index contributed by atoms with van der Waals surface area (Å²) in [4.78, 5) is 14.3. The Bertz CT molecular complexity index is 353. The number of hydrogen-bond acceptors (Lipinski definition) is 3. The standard InChI is InChI=1S/C14H23N3O/c1-14(2)10-16-13(18)12(8-9-15)17(14)11-6-4-3-5-7-11/h11-12H,3-8,10H2,1-2H3,(H,16,18). The quantitative estimate of drug-likeness (QED) is 0.812. The molecule has 0 aromatic rings. The molecule has 1 unspecified atom stereocenters. The number of nitriles is 1. The van der Waals surface area contributed by atoms with Gasteiger partial charge in [-0.1, -0.05) is 19.3 Å². The molecule has 1 aliphatic carbocycles. The lowest BCUT2D eigenvalue weighted by molar-refractivity contribution is -0.137. The van der Waals surface area contributed by atoms with Crippen molar-refractivity contribution < 1.29 is 4.79 Å². The maximum atomic E-state index is 12.0. The van der Waals surface area contributed by atoms with Gasteiger partial charge < -0.3 is 5.32 Å². The van der Waals surface area contributed by atoms with Gasteiger partial charge in [0.15, 0.2) is 0 Å². The fourth-order valence-electron chi connectivity index (χ4n) is 3.45. The van der Waals surface area contributed by atoms with Gasteiger partial charge in [-0.25, -0.2) is 0 Å². The normalized spacial score (nSPS) is 29.6. The van der Waals surface area contributed by atoms with Crippen LogP contribution >= 0.6 is 0 Å². The highest BCUT2D eigenvalue weighted by Crippen LogP contribution is 2.32. The van der Waals surface area contributed by atoms with Gasteiger partial charge in [0.2, 0.25) is 5.91 Å². The third kappa shape index (κ3) is 2.51. The first-order chi connectivity index (χ1) is 8.56. The van der Waals surface area contributed by atoms with E-state index in [9.17, 15) is 4.79 Å². The smallest absolute Gasteiger partial charge is 0.238 e. The van der Waals surface area contributed by atoms with E-state index in [1.54, 1.807) is 0 Å². The maximum absolute atomic E-state index is 12.0. The summed E-state index contributed by atoms with van der Waals surface area (Å²) in [5, 5.41) is 11.9. The van der Waals surface area contributed by atoms with E-state index in [2.05, 4.69) is 30.1 Å². The molecule has 0 aromatic heterocycles. The molecule has 1 saturated carbocycles. The average Bonchev–Trinajstić information content (AvgIpc) is 2.35. The fourth-order valence-corrected chi connectivity index (χ4v) is 3.45. The summed E-state index contributed by atoms with van der Waals surface area (Å²) >= 11 is 0. The van der Waals surface area contributed by atoms with E-state index < -0.39 is 0 Å². The summed E-state index contributed by atoms with van der Waals surface area (Å²) in [6.45, 7) is 5.03. The maximum Gasteiger partial charge on any atom is 0.238 e. The van der Waals surface area contributed by atoms with E-state index in [0.29, 0.717) is 19.0 Å². The summed E-state index contributed by atoms with van der Waals surface area (Å²) in [5.41, 5.74) is -0.0442. The summed E-state index contributed by atoms with van der Waals surface area (Å²) in [7, 11) is 0. The van der Waals surface area contributed by atoms with Crippen LogP contribution in [0, 0.1) is 11.3 Å². The van der Waals surface area contributed by atoms with Crippen LogP contribution < -0.4 is 5.32 Å². The molecule has 1 aliphatic heterocycles. The van der Waals surface area contributed by atoms with Crippen LogP contribution in [0.4, 0.5) is 0 Å². The zero-order chi connectivity index (χ0) is 13.2. The van der Waals surface area contributed by atoms with Crippen molar-refractivity contribution in [3.8, 4) is 6.07 Å². The Morgan fingerprint density at radius 2 is 2.06 bits per heavy atom. The number of piperazine rings is 1. The lowest BCUT2D eigenvalue weighted by Crippen LogP contribution is -2.68. The van der Waals surface area contributed by atoms with Crippen molar-refractivity contribution in [2.45, 2.75) is 70.0 Å². The first-order valence-electron chi connectivity index (χ1n) is 6.99. The van der Waals surface area contributed by atoms with Crippen molar-refractivity contribution in [2.24, 2.45) is 0 Å². The monoisotopic (exact) mass is 249 g/mol. The molecule has 0 radical (unpaired) electrons. The van der Waals surface area contributed by atoms with Crippen molar-refractivity contribution in [1.29, 1.82) is 5.26 Å². The molecule has 2 fully saturated rings. The third-order valence-corrected chi connectivity index (χ3v) is 4.29. The number of carbonyl (C=O) groups is 1. The summed E-state index contributed by atoms with van der Waals surface area (Å²) in [6, 6.07) is 2.38. The van der Waals surface area contributed by atoms with Crippen LogP contribution in [-0.2, 0) is 4.79 Å². The third-order valence-electron chi connectivity index (χ3n) is 4.29. The first kappa shape index (κ1) is 13.4. The predicted octanol–water partition coefficient (Wildman–Crippen LogP) is 1.81. The van der Waals surface area contributed by atoms with Crippen LogP contribution in [0.3, 0.4) is 0 Å². The molecule has 4 heteroatoms. The minimum absolute atomic E-state index is 0.0291. The molecular formula is C14H23N3O. The highest BCUT2D eigenvalue weighted by Gasteiger charge is 2.44. The van der Waals surface area contributed by atoms with Gasteiger partial charge in [0.25, 0.3) is 0 Å². The Balaban J connectivity index is 2.22. The Labute approximate surface area is 109 Å². The fraction of sp³-hybridized carbons (Fsp3) is 0.857. The van der Waals surface area contributed by atoms with Crippen molar-refractivity contribution >= 4 is 5.91 Å². The molecule has 0 bridgehead atoms. The highest BCUT2D eigenvalue weighted by molar-refractivity contribution is 5.83. The second-order valence-electron chi connectivity index (χ2n) is 6.11. The predicted molar refractivity (Wildman–Crippen MR) is 69.8 cm³/mol. The van der Waals surface area contributed by atoms with Gasteiger partial charge in [-0.05, 0) is 26.7 Å². The molecular weight excluding hydrogens is 226 g/mol.